The first-order valence-corrected chi connectivity index (χ1v) is 9.80. The van der Waals surface area contributed by atoms with Gasteiger partial charge in [0.1, 0.15) is 0 Å². The lowest BCUT2D eigenvalue weighted by atomic mass is 10.2. The Morgan fingerprint density at radius 2 is 1.67 bits per heavy atom. The number of hydrogen-bond donors (Lipinski definition) is 2. The van der Waals surface area contributed by atoms with E-state index in [9.17, 15) is 14.4 Å². The van der Waals surface area contributed by atoms with Gasteiger partial charge in [-0.3, -0.25) is 20.4 Å². The highest BCUT2D eigenvalue weighted by Gasteiger charge is 2.14. The van der Waals surface area contributed by atoms with Crippen molar-refractivity contribution >= 4 is 17.8 Å². The number of aromatic nitrogens is 3. The van der Waals surface area contributed by atoms with Gasteiger partial charge in [0.05, 0.1) is 25.5 Å². The van der Waals surface area contributed by atoms with E-state index >= 15 is 0 Å². The maximum absolute atomic E-state index is 12.2. The molecule has 0 spiro atoms. The maximum atomic E-state index is 12.2. The average molecular weight is 453 g/mol. The van der Waals surface area contributed by atoms with Gasteiger partial charge in [0.2, 0.25) is 0 Å². The van der Waals surface area contributed by atoms with Crippen molar-refractivity contribution in [3.63, 3.8) is 0 Å². The normalized spacial score (nSPS) is 10.3. The first-order valence-electron chi connectivity index (χ1n) is 9.80. The van der Waals surface area contributed by atoms with Gasteiger partial charge < -0.3 is 14.2 Å². The Labute approximate surface area is 189 Å². The summed E-state index contributed by atoms with van der Waals surface area (Å²) in [7, 11) is 2.92. The zero-order chi connectivity index (χ0) is 24.0. The van der Waals surface area contributed by atoms with E-state index in [1.807, 2.05) is 19.9 Å². The minimum Gasteiger partial charge on any atom is -0.493 e. The second kappa shape index (κ2) is 10.3. The number of ether oxygens (including phenoxy) is 3. The number of rotatable bonds is 7. The Morgan fingerprint density at radius 1 is 0.939 bits per heavy atom. The molecule has 172 valence electrons. The highest BCUT2D eigenvalue weighted by molar-refractivity contribution is 5.96. The van der Waals surface area contributed by atoms with Crippen LogP contribution in [0.1, 0.15) is 32.1 Å². The van der Waals surface area contributed by atoms with Crippen LogP contribution >= 0.6 is 0 Å². The summed E-state index contributed by atoms with van der Waals surface area (Å²) in [5.41, 5.74) is 6.57. The van der Waals surface area contributed by atoms with Gasteiger partial charge in [-0.1, -0.05) is 0 Å². The molecule has 0 aliphatic heterocycles. The van der Waals surface area contributed by atoms with Gasteiger partial charge in [0, 0.05) is 17.5 Å². The fourth-order valence-electron chi connectivity index (χ4n) is 2.92. The molecule has 1 aromatic carbocycles. The van der Waals surface area contributed by atoms with Crippen molar-refractivity contribution in [2.45, 2.75) is 13.8 Å². The lowest BCUT2D eigenvalue weighted by molar-refractivity contribution is -0.125. The van der Waals surface area contributed by atoms with E-state index in [0.717, 1.165) is 11.4 Å². The van der Waals surface area contributed by atoms with E-state index < -0.39 is 24.4 Å². The quantitative estimate of drug-likeness (QED) is 0.406. The molecule has 3 aromatic rings. The molecule has 0 radical (unpaired) electrons. The third kappa shape index (κ3) is 5.64. The molecule has 3 rings (SSSR count). The molecule has 33 heavy (non-hydrogen) atoms. The molecular weight excluding hydrogens is 430 g/mol. The number of carbonyl (C=O) groups is 3. The minimum atomic E-state index is -0.733. The van der Waals surface area contributed by atoms with Crippen LogP contribution in [0.2, 0.25) is 0 Å². The van der Waals surface area contributed by atoms with Gasteiger partial charge >= 0.3 is 5.97 Å². The molecule has 0 fully saturated rings. The van der Waals surface area contributed by atoms with Crippen molar-refractivity contribution in [3.8, 4) is 17.3 Å². The standard InChI is InChI=1S/C22H23N5O6/c1-13-9-14(2)27(26-13)19-8-6-16(11-23-19)22(30)33-12-20(28)24-25-21(29)15-5-7-17(31-3)18(10-15)32-4/h5-11H,12H2,1-4H3,(H,24,28)(H,25,29). The molecule has 0 bridgehead atoms. The van der Waals surface area contributed by atoms with E-state index in [1.165, 1.54) is 38.6 Å². The molecule has 0 atom stereocenters. The van der Waals surface area contributed by atoms with Crippen LogP contribution in [0.5, 0.6) is 11.5 Å². The van der Waals surface area contributed by atoms with Crippen molar-refractivity contribution < 1.29 is 28.6 Å². The van der Waals surface area contributed by atoms with E-state index in [1.54, 1.807) is 16.8 Å². The van der Waals surface area contributed by atoms with E-state index in [0.29, 0.717) is 17.3 Å². The van der Waals surface area contributed by atoms with E-state index in [2.05, 4.69) is 20.9 Å². The summed E-state index contributed by atoms with van der Waals surface area (Å²) in [4.78, 5) is 40.5. The van der Waals surface area contributed by atoms with Crippen LogP contribution in [0.4, 0.5) is 0 Å². The third-order valence-electron chi connectivity index (χ3n) is 4.51. The average Bonchev–Trinajstić information content (AvgIpc) is 3.18. The first kappa shape index (κ1) is 23.3. The fourth-order valence-corrected chi connectivity index (χ4v) is 2.92. The van der Waals surface area contributed by atoms with Crippen molar-refractivity contribution in [1.29, 1.82) is 0 Å². The molecule has 11 heteroatoms. The molecule has 2 heterocycles. The summed E-state index contributed by atoms with van der Waals surface area (Å²) in [6.45, 7) is 3.17. The topological polar surface area (TPSA) is 134 Å². The van der Waals surface area contributed by atoms with Crippen LogP contribution in [-0.2, 0) is 9.53 Å². The number of carbonyl (C=O) groups excluding carboxylic acids is 3. The van der Waals surface area contributed by atoms with Crippen LogP contribution < -0.4 is 20.3 Å². The van der Waals surface area contributed by atoms with Crippen molar-refractivity contribution in [3.05, 3.63) is 65.1 Å². The molecule has 11 nitrogen and oxygen atoms in total. The molecule has 2 N–H and O–H groups in total. The SMILES string of the molecule is COc1ccc(C(=O)NNC(=O)COC(=O)c2ccc(-n3nc(C)cc3C)nc2)cc1OC. The van der Waals surface area contributed by atoms with Crippen LogP contribution in [0.25, 0.3) is 5.82 Å². The first-order chi connectivity index (χ1) is 15.8. The van der Waals surface area contributed by atoms with Gasteiger partial charge in [0.15, 0.2) is 23.9 Å². The predicted octanol–water partition coefficient (Wildman–Crippen LogP) is 1.52. The van der Waals surface area contributed by atoms with Gasteiger partial charge in [-0.25, -0.2) is 14.5 Å². The smallest absolute Gasteiger partial charge is 0.340 e. The molecule has 0 aliphatic rings. The minimum absolute atomic E-state index is 0.169. The van der Waals surface area contributed by atoms with Gasteiger partial charge in [-0.05, 0) is 50.2 Å². The molecule has 0 saturated carbocycles. The monoisotopic (exact) mass is 453 g/mol. The molecule has 0 unspecified atom stereocenters. The Morgan fingerprint density at radius 3 is 2.27 bits per heavy atom. The summed E-state index contributed by atoms with van der Waals surface area (Å²) in [5.74, 6) is -0.661. The Hall–Kier alpha value is -4.41. The van der Waals surface area contributed by atoms with Crippen molar-refractivity contribution in [2.75, 3.05) is 20.8 Å². The van der Waals surface area contributed by atoms with E-state index in [-0.39, 0.29) is 11.1 Å². The predicted molar refractivity (Wildman–Crippen MR) is 116 cm³/mol. The Bertz CT molecular complexity index is 1170. The molecular formula is C22H23N5O6. The van der Waals surface area contributed by atoms with E-state index in [4.69, 9.17) is 14.2 Å². The van der Waals surface area contributed by atoms with Gasteiger partial charge in [0.25, 0.3) is 11.8 Å². The zero-order valence-electron chi connectivity index (χ0n) is 18.5. The Balaban J connectivity index is 1.50. The largest absolute Gasteiger partial charge is 0.493 e. The van der Waals surface area contributed by atoms with Crippen molar-refractivity contribution in [2.24, 2.45) is 0 Å². The summed E-state index contributed by atoms with van der Waals surface area (Å²) in [6, 6.07) is 9.59. The van der Waals surface area contributed by atoms with Gasteiger partial charge in [-0.15, -0.1) is 0 Å². The fraction of sp³-hybridized carbons (Fsp3) is 0.227. The lowest BCUT2D eigenvalue weighted by Crippen LogP contribution is -2.43. The molecule has 0 saturated heterocycles. The highest BCUT2D eigenvalue weighted by atomic mass is 16.5. The number of methoxy groups -OCH3 is 2. The molecule has 2 aromatic heterocycles. The molecule has 2 amide bonds. The maximum Gasteiger partial charge on any atom is 0.340 e. The highest BCUT2D eigenvalue weighted by Crippen LogP contribution is 2.27. The number of nitrogens with zero attached hydrogens (tertiary/aromatic N) is 3. The number of hydrazine groups is 1. The number of aryl methyl sites for hydroxylation is 2. The summed E-state index contributed by atoms with van der Waals surface area (Å²) in [5, 5.41) is 4.33. The summed E-state index contributed by atoms with van der Waals surface area (Å²) in [6.07, 6.45) is 1.34. The van der Waals surface area contributed by atoms with Gasteiger partial charge in [-0.2, -0.15) is 5.10 Å². The number of hydrogen-bond acceptors (Lipinski definition) is 8. The molecule has 0 aliphatic carbocycles. The number of pyridine rings is 1. The third-order valence-corrected chi connectivity index (χ3v) is 4.51. The lowest BCUT2D eigenvalue weighted by Gasteiger charge is -2.11. The van der Waals surface area contributed by atoms with Crippen LogP contribution in [0.3, 0.4) is 0 Å². The number of nitrogens with one attached hydrogen (secondary N) is 2. The number of esters is 1. The van der Waals surface area contributed by atoms with Crippen LogP contribution in [0.15, 0.2) is 42.6 Å². The second-order valence-electron chi connectivity index (χ2n) is 6.89. The summed E-state index contributed by atoms with van der Waals surface area (Å²) >= 11 is 0. The second-order valence-corrected chi connectivity index (χ2v) is 6.89. The van der Waals surface area contributed by atoms with Crippen LogP contribution in [0, 0.1) is 13.8 Å². The zero-order valence-corrected chi connectivity index (χ0v) is 18.5. The number of benzene rings is 1. The summed E-state index contributed by atoms with van der Waals surface area (Å²) < 4.78 is 16.9. The number of amides is 2. The van der Waals surface area contributed by atoms with Crippen molar-refractivity contribution in [1.82, 2.24) is 25.6 Å². The van der Waals surface area contributed by atoms with Crippen LogP contribution in [-0.4, -0.2) is 53.4 Å². The Kier molecular flexibility index (Phi) is 7.24.